The number of hydrogen-bond donors (Lipinski definition) is 0. The number of rotatable bonds is 2. The molecule has 2 unspecified atom stereocenters. The van der Waals surface area contributed by atoms with Crippen molar-refractivity contribution in [2.45, 2.75) is 70.4 Å². The molecule has 0 radical (unpaired) electrons. The Labute approximate surface area is 122 Å². The molecule has 1 saturated carbocycles. The van der Waals surface area contributed by atoms with Gasteiger partial charge in [-0.1, -0.05) is 12.2 Å². The highest BCUT2D eigenvalue weighted by Crippen LogP contribution is 2.55. The number of hydrogen-bond acceptors (Lipinski definition) is 3. The van der Waals surface area contributed by atoms with Gasteiger partial charge in [0.1, 0.15) is 0 Å². The van der Waals surface area contributed by atoms with E-state index in [2.05, 4.69) is 45.9 Å². The van der Waals surface area contributed by atoms with Gasteiger partial charge in [0, 0.05) is 5.82 Å². The molecule has 3 nitrogen and oxygen atoms in total. The maximum Gasteiger partial charge on any atom is 0.465 e. The molecule has 3 rings (SSSR count). The van der Waals surface area contributed by atoms with Crippen LogP contribution >= 0.6 is 0 Å². The summed E-state index contributed by atoms with van der Waals surface area (Å²) >= 11 is 0. The highest BCUT2D eigenvalue weighted by molar-refractivity contribution is 6.48. The first-order chi connectivity index (χ1) is 9.30. The monoisotopic (exact) mass is 273 g/mol. The molecule has 20 heavy (non-hydrogen) atoms. The SMILES string of the molecule is CC1(C)OB(C2C=CC(C3(C#N)CC3)CC2)OC1(C)C. The Morgan fingerprint density at radius 3 is 2.05 bits per heavy atom. The molecule has 4 heteroatoms. The summed E-state index contributed by atoms with van der Waals surface area (Å²) in [4.78, 5) is 0. The summed E-state index contributed by atoms with van der Waals surface area (Å²) in [7, 11) is -0.144. The van der Waals surface area contributed by atoms with Crippen LogP contribution < -0.4 is 0 Å². The Kier molecular flexibility index (Phi) is 3.08. The first-order valence-electron chi connectivity index (χ1n) is 7.75. The van der Waals surface area contributed by atoms with Gasteiger partial charge in [-0.05, 0) is 59.3 Å². The molecule has 0 aromatic carbocycles. The lowest BCUT2D eigenvalue weighted by Gasteiger charge is -2.32. The minimum absolute atomic E-state index is 0.0442. The number of nitrogens with zero attached hydrogens (tertiary/aromatic N) is 1. The summed E-state index contributed by atoms with van der Waals surface area (Å²) in [6.45, 7) is 8.38. The van der Waals surface area contributed by atoms with Crippen molar-refractivity contribution >= 4 is 7.12 Å². The zero-order valence-corrected chi connectivity index (χ0v) is 13.0. The van der Waals surface area contributed by atoms with Gasteiger partial charge in [-0.15, -0.1) is 0 Å². The van der Waals surface area contributed by atoms with E-state index in [0.29, 0.717) is 11.7 Å². The van der Waals surface area contributed by atoms with E-state index in [0.717, 1.165) is 25.7 Å². The van der Waals surface area contributed by atoms with Crippen molar-refractivity contribution in [3.8, 4) is 6.07 Å². The number of nitriles is 1. The van der Waals surface area contributed by atoms with Crippen LogP contribution in [0.3, 0.4) is 0 Å². The average molecular weight is 273 g/mol. The second-order valence-electron chi connectivity index (χ2n) is 7.63. The fraction of sp³-hybridized carbons (Fsp3) is 0.812. The minimum atomic E-state index is -0.257. The van der Waals surface area contributed by atoms with E-state index in [9.17, 15) is 5.26 Å². The molecule has 0 aromatic rings. The third kappa shape index (κ3) is 2.12. The molecular formula is C16H24BNO2. The van der Waals surface area contributed by atoms with Gasteiger partial charge in [0.2, 0.25) is 0 Å². The topological polar surface area (TPSA) is 42.2 Å². The molecule has 2 fully saturated rings. The fourth-order valence-corrected chi connectivity index (χ4v) is 3.29. The molecule has 1 saturated heterocycles. The zero-order chi connectivity index (χ0) is 14.6. The summed E-state index contributed by atoms with van der Waals surface area (Å²) in [5.41, 5.74) is -0.559. The second-order valence-corrected chi connectivity index (χ2v) is 7.63. The maximum absolute atomic E-state index is 9.29. The van der Waals surface area contributed by atoms with Crippen molar-refractivity contribution in [3.63, 3.8) is 0 Å². The van der Waals surface area contributed by atoms with Gasteiger partial charge >= 0.3 is 7.12 Å². The summed E-state index contributed by atoms with van der Waals surface area (Å²) in [5, 5.41) is 9.29. The van der Waals surface area contributed by atoms with Gasteiger partial charge in [0.05, 0.1) is 22.7 Å². The minimum Gasteiger partial charge on any atom is -0.403 e. The molecule has 2 aliphatic carbocycles. The molecule has 3 aliphatic rings. The standard InChI is InChI=1S/C16H24BNO2/c1-14(2)15(3,4)20-17(19-14)13-7-5-12(6-8-13)16(11-18)9-10-16/h5,7,12-13H,6,8-10H2,1-4H3. The molecule has 1 heterocycles. The molecule has 1 aliphatic heterocycles. The molecule has 0 aromatic heterocycles. The average Bonchev–Trinajstić information content (AvgIpc) is 3.14. The van der Waals surface area contributed by atoms with Crippen LogP contribution in [0, 0.1) is 22.7 Å². The van der Waals surface area contributed by atoms with Gasteiger partial charge < -0.3 is 9.31 Å². The van der Waals surface area contributed by atoms with Crippen molar-refractivity contribution in [3.05, 3.63) is 12.2 Å². The van der Waals surface area contributed by atoms with Crippen LogP contribution in [0.1, 0.15) is 53.4 Å². The Balaban J connectivity index is 1.67. The van der Waals surface area contributed by atoms with Crippen LogP contribution in [0.4, 0.5) is 0 Å². The normalized spacial score (nSPS) is 36.6. The largest absolute Gasteiger partial charge is 0.465 e. The van der Waals surface area contributed by atoms with Crippen LogP contribution in [-0.2, 0) is 9.31 Å². The molecule has 0 N–H and O–H groups in total. The highest BCUT2D eigenvalue weighted by atomic mass is 16.7. The lowest BCUT2D eigenvalue weighted by Crippen LogP contribution is -2.41. The molecule has 0 spiro atoms. The van der Waals surface area contributed by atoms with Gasteiger partial charge in [-0.2, -0.15) is 5.26 Å². The van der Waals surface area contributed by atoms with Gasteiger partial charge in [0.15, 0.2) is 0 Å². The maximum atomic E-state index is 9.29. The predicted molar refractivity (Wildman–Crippen MR) is 79.0 cm³/mol. The lowest BCUT2D eigenvalue weighted by molar-refractivity contribution is 0.00578. The molecule has 0 bridgehead atoms. The van der Waals surface area contributed by atoms with Crippen LogP contribution in [-0.4, -0.2) is 18.3 Å². The highest BCUT2D eigenvalue weighted by Gasteiger charge is 2.55. The Bertz CT molecular complexity index is 457. The Morgan fingerprint density at radius 1 is 1.05 bits per heavy atom. The van der Waals surface area contributed by atoms with Crippen molar-refractivity contribution in [2.24, 2.45) is 11.3 Å². The third-order valence-corrected chi connectivity index (χ3v) is 5.74. The van der Waals surface area contributed by atoms with Gasteiger partial charge in [0.25, 0.3) is 0 Å². The van der Waals surface area contributed by atoms with Crippen LogP contribution in [0.15, 0.2) is 12.2 Å². The third-order valence-electron chi connectivity index (χ3n) is 5.74. The quantitative estimate of drug-likeness (QED) is 0.568. The van der Waals surface area contributed by atoms with Crippen molar-refractivity contribution < 1.29 is 9.31 Å². The van der Waals surface area contributed by atoms with E-state index in [1.807, 2.05) is 0 Å². The van der Waals surface area contributed by atoms with E-state index in [1.165, 1.54) is 0 Å². The van der Waals surface area contributed by atoms with E-state index in [4.69, 9.17) is 9.31 Å². The van der Waals surface area contributed by atoms with Crippen molar-refractivity contribution in [1.82, 2.24) is 0 Å². The van der Waals surface area contributed by atoms with Crippen molar-refractivity contribution in [2.75, 3.05) is 0 Å². The first-order valence-corrected chi connectivity index (χ1v) is 7.75. The molecule has 2 atom stereocenters. The lowest BCUT2D eigenvalue weighted by atomic mass is 9.64. The Morgan fingerprint density at radius 2 is 1.65 bits per heavy atom. The van der Waals surface area contributed by atoms with Gasteiger partial charge in [-0.3, -0.25) is 0 Å². The van der Waals surface area contributed by atoms with E-state index in [-0.39, 0.29) is 23.7 Å². The van der Waals surface area contributed by atoms with Crippen LogP contribution in [0.25, 0.3) is 0 Å². The summed E-state index contributed by atoms with van der Waals surface area (Å²) in [5.74, 6) is 0.757. The number of allylic oxidation sites excluding steroid dienone is 2. The van der Waals surface area contributed by atoms with Gasteiger partial charge in [-0.25, -0.2) is 0 Å². The van der Waals surface area contributed by atoms with E-state index in [1.54, 1.807) is 0 Å². The van der Waals surface area contributed by atoms with E-state index >= 15 is 0 Å². The zero-order valence-electron chi connectivity index (χ0n) is 13.0. The summed E-state index contributed by atoms with van der Waals surface area (Å²) in [6, 6.07) is 2.52. The fourth-order valence-electron chi connectivity index (χ4n) is 3.29. The molecule has 108 valence electrons. The second kappa shape index (κ2) is 4.35. The predicted octanol–water partition coefficient (Wildman–Crippen LogP) is 3.72. The summed E-state index contributed by atoms with van der Waals surface area (Å²) < 4.78 is 12.3. The Hall–Kier alpha value is -0.785. The molecule has 0 amide bonds. The summed E-state index contributed by atoms with van der Waals surface area (Å²) in [6.07, 6.45) is 8.75. The first kappa shape index (κ1) is 14.2. The van der Waals surface area contributed by atoms with Crippen molar-refractivity contribution in [1.29, 1.82) is 5.26 Å². The smallest absolute Gasteiger partial charge is 0.403 e. The van der Waals surface area contributed by atoms with Crippen LogP contribution in [0.5, 0.6) is 0 Å². The van der Waals surface area contributed by atoms with Crippen LogP contribution in [0.2, 0.25) is 5.82 Å². The molecular weight excluding hydrogens is 249 g/mol. The van der Waals surface area contributed by atoms with E-state index < -0.39 is 0 Å².